The molecule has 2 fully saturated rings. The van der Waals surface area contributed by atoms with E-state index in [1.54, 1.807) is 13.8 Å². The first-order valence-corrected chi connectivity index (χ1v) is 11.8. The van der Waals surface area contributed by atoms with Gasteiger partial charge in [-0.05, 0) is 58.1 Å². The average molecular weight is 486 g/mol. The molecule has 1 atom stereocenters. The van der Waals surface area contributed by atoms with Crippen LogP contribution in [0.2, 0.25) is 0 Å². The van der Waals surface area contributed by atoms with Crippen molar-refractivity contribution in [2.45, 2.75) is 73.9 Å². The molecule has 33 heavy (non-hydrogen) atoms. The minimum Gasteiger partial charge on any atom is -0.465 e. The van der Waals surface area contributed by atoms with E-state index in [0.717, 1.165) is 30.3 Å². The second-order valence-electron chi connectivity index (χ2n) is 9.13. The Balaban J connectivity index is 1.73. The maximum absolute atomic E-state index is 14.1. The molecule has 1 aromatic rings. The van der Waals surface area contributed by atoms with Gasteiger partial charge in [0.25, 0.3) is 5.91 Å². The summed E-state index contributed by atoms with van der Waals surface area (Å²) in [6, 6.07) is 1.11. The molecule has 1 aromatic carbocycles. The summed E-state index contributed by atoms with van der Waals surface area (Å²) < 4.78 is 41.5. The van der Waals surface area contributed by atoms with Gasteiger partial charge in [-0.15, -0.1) is 11.8 Å². The van der Waals surface area contributed by atoms with Crippen LogP contribution < -0.4 is 5.32 Å². The minimum atomic E-state index is -4.77. The lowest BCUT2D eigenvalue weighted by Crippen LogP contribution is -2.54. The van der Waals surface area contributed by atoms with Crippen molar-refractivity contribution in [3.63, 3.8) is 0 Å². The number of hydrogen-bond acceptors (Lipinski definition) is 4. The van der Waals surface area contributed by atoms with Crippen LogP contribution in [0.25, 0.3) is 0 Å². The molecule has 4 rings (SSSR count). The number of anilines is 1. The Labute approximate surface area is 193 Å². The van der Waals surface area contributed by atoms with Crippen LogP contribution in [0.1, 0.15) is 61.9 Å². The summed E-state index contributed by atoms with van der Waals surface area (Å²) in [4.78, 5) is 40.4. The average Bonchev–Trinajstić information content (AvgIpc) is 2.70. The van der Waals surface area contributed by atoms with Gasteiger partial charge in [-0.1, -0.05) is 0 Å². The molecular formula is C22H26F3N3O4S. The number of fused-ring (bicyclic) bond motifs is 1. The highest BCUT2D eigenvalue weighted by Crippen LogP contribution is 2.54. The van der Waals surface area contributed by atoms with Crippen LogP contribution in [0.3, 0.4) is 0 Å². The number of thioether (sulfide) groups is 1. The van der Waals surface area contributed by atoms with Gasteiger partial charge in [-0.3, -0.25) is 9.59 Å². The van der Waals surface area contributed by atoms with Crippen molar-refractivity contribution < 1.29 is 32.7 Å². The summed E-state index contributed by atoms with van der Waals surface area (Å²) >= 11 is 1.14. The zero-order valence-electron chi connectivity index (χ0n) is 18.4. The van der Waals surface area contributed by atoms with Crippen molar-refractivity contribution in [3.8, 4) is 0 Å². The lowest BCUT2D eigenvalue weighted by Gasteiger charge is -2.43. The highest BCUT2D eigenvalue weighted by atomic mass is 32.2. The van der Waals surface area contributed by atoms with Crippen molar-refractivity contribution in [2.24, 2.45) is 0 Å². The molecule has 1 saturated heterocycles. The van der Waals surface area contributed by atoms with Crippen molar-refractivity contribution >= 4 is 35.4 Å². The summed E-state index contributed by atoms with van der Waals surface area (Å²) in [5.41, 5.74) is -1.37. The van der Waals surface area contributed by atoms with Crippen LogP contribution in [-0.4, -0.2) is 62.7 Å². The second-order valence-corrected chi connectivity index (χ2v) is 10.6. The monoisotopic (exact) mass is 485 g/mol. The van der Waals surface area contributed by atoms with E-state index >= 15 is 0 Å². The zero-order chi connectivity index (χ0) is 24.1. The van der Waals surface area contributed by atoms with Crippen molar-refractivity contribution in [1.29, 1.82) is 0 Å². The molecule has 11 heteroatoms. The van der Waals surface area contributed by atoms with Gasteiger partial charge >= 0.3 is 12.3 Å². The number of carbonyl (C=O) groups is 3. The first kappa shape index (κ1) is 23.7. The SMILES string of the molecule is CC(C)N(C(=O)c1cc2c(cc1C(F)(F)F)SC1(CCC1)C(=O)N2)[C@@H]1CCCN(C(=O)O)C1. The Bertz CT molecular complexity index is 994. The molecule has 3 amide bonds. The fraction of sp³-hybridized carbons (Fsp3) is 0.591. The number of hydrogen-bond donors (Lipinski definition) is 2. The number of carboxylic acid groups (broad SMARTS) is 1. The van der Waals surface area contributed by atoms with Gasteiger partial charge in [0.1, 0.15) is 0 Å². The van der Waals surface area contributed by atoms with E-state index in [-0.39, 0.29) is 18.1 Å². The molecule has 0 aromatic heterocycles. The quantitative estimate of drug-likeness (QED) is 0.650. The number of nitrogens with one attached hydrogen (secondary N) is 1. The Kier molecular flexibility index (Phi) is 6.05. The van der Waals surface area contributed by atoms with Gasteiger partial charge in [0, 0.05) is 24.0 Å². The second kappa shape index (κ2) is 8.41. The van der Waals surface area contributed by atoms with E-state index < -0.39 is 46.1 Å². The molecule has 1 spiro atoms. The van der Waals surface area contributed by atoms with Crippen LogP contribution in [0.5, 0.6) is 0 Å². The highest BCUT2D eigenvalue weighted by molar-refractivity contribution is 8.01. The van der Waals surface area contributed by atoms with Crippen molar-refractivity contribution in [2.75, 3.05) is 18.4 Å². The third kappa shape index (κ3) is 4.27. The maximum atomic E-state index is 14.1. The smallest absolute Gasteiger partial charge is 0.417 e. The molecule has 0 bridgehead atoms. The number of amides is 3. The number of nitrogens with zero attached hydrogens (tertiary/aromatic N) is 2. The molecule has 0 radical (unpaired) electrons. The number of likely N-dealkylation sites (tertiary alicyclic amines) is 1. The van der Waals surface area contributed by atoms with Gasteiger partial charge in [-0.25, -0.2) is 4.79 Å². The molecule has 180 valence electrons. The van der Waals surface area contributed by atoms with Gasteiger partial charge < -0.3 is 20.2 Å². The van der Waals surface area contributed by atoms with Gasteiger partial charge in [0.15, 0.2) is 0 Å². The molecule has 1 saturated carbocycles. The number of benzene rings is 1. The van der Waals surface area contributed by atoms with Crippen LogP contribution in [0.15, 0.2) is 17.0 Å². The van der Waals surface area contributed by atoms with Crippen LogP contribution in [0, 0.1) is 0 Å². The van der Waals surface area contributed by atoms with E-state index in [9.17, 15) is 32.7 Å². The zero-order valence-corrected chi connectivity index (χ0v) is 19.2. The summed E-state index contributed by atoms with van der Waals surface area (Å²) in [6.45, 7) is 3.76. The molecule has 1 aliphatic carbocycles. The van der Waals surface area contributed by atoms with E-state index in [4.69, 9.17) is 0 Å². The summed E-state index contributed by atoms with van der Waals surface area (Å²) in [7, 11) is 0. The predicted molar refractivity (Wildman–Crippen MR) is 116 cm³/mol. The predicted octanol–water partition coefficient (Wildman–Crippen LogP) is 4.67. The summed E-state index contributed by atoms with van der Waals surface area (Å²) in [6.07, 6.45) is -2.83. The third-order valence-electron chi connectivity index (χ3n) is 6.64. The normalized spacial score (nSPS) is 21.9. The van der Waals surface area contributed by atoms with E-state index in [0.29, 0.717) is 37.1 Å². The Morgan fingerprint density at radius 1 is 1.27 bits per heavy atom. The van der Waals surface area contributed by atoms with Gasteiger partial charge in [0.2, 0.25) is 5.91 Å². The van der Waals surface area contributed by atoms with Gasteiger partial charge in [0.05, 0.1) is 27.6 Å². The lowest BCUT2D eigenvalue weighted by atomic mass is 9.83. The highest BCUT2D eigenvalue weighted by Gasteiger charge is 2.49. The molecule has 2 aliphatic heterocycles. The molecular weight excluding hydrogens is 459 g/mol. The van der Waals surface area contributed by atoms with Crippen LogP contribution in [0.4, 0.5) is 23.7 Å². The largest absolute Gasteiger partial charge is 0.465 e. The number of alkyl halides is 3. The summed E-state index contributed by atoms with van der Waals surface area (Å²) in [5, 5.41) is 12.1. The van der Waals surface area contributed by atoms with E-state index in [1.165, 1.54) is 9.80 Å². The first-order chi connectivity index (χ1) is 15.4. The fourth-order valence-electron chi connectivity index (χ4n) is 4.81. The summed E-state index contributed by atoms with van der Waals surface area (Å²) in [5.74, 6) is -1.06. The van der Waals surface area contributed by atoms with Gasteiger partial charge in [-0.2, -0.15) is 13.2 Å². The fourth-order valence-corrected chi connectivity index (χ4v) is 6.26. The standard InChI is InChI=1S/C22H26F3N3O4S/c1-12(2)28(13-5-3-8-27(11-13)20(31)32)18(29)14-9-16-17(10-15(14)22(23,24)25)33-21(6-4-7-21)19(30)26-16/h9-10,12-13H,3-8,11H2,1-2H3,(H,26,30)(H,31,32)/t13-/m1/s1. The number of rotatable bonds is 3. The van der Waals surface area contributed by atoms with E-state index in [1.807, 2.05) is 0 Å². The maximum Gasteiger partial charge on any atom is 0.417 e. The number of piperidine rings is 1. The van der Waals surface area contributed by atoms with Crippen LogP contribution in [-0.2, 0) is 11.0 Å². The molecule has 2 N–H and O–H groups in total. The van der Waals surface area contributed by atoms with Crippen LogP contribution >= 0.6 is 11.8 Å². The number of carbonyl (C=O) groups excluding carboxylic acids is 2. The topological polar surface area (TPSA) is 90.0 Å². The molecule has 3 aliphatic rings. The Morgan fingerprint density at radius 2 is 1.97 bits per heavy atom. The lowest BCUT2D eigenvalue weighted by molar-refractivity contribution is -0.138. The van der Waals surface area contributed by atoms with Crippen molar-refractivity contribution in [3.05, 3.63) is 23.3 Å². The van der Waals surface area contributed by atoms with Crippen molar-refractivity contribution in [1.82, 2.24) is 9.80 Å². The Morgan fingerprint density at radius 3 is 2.52 bits per heavy atom. The third-order valence-corrected chi connectivity index (χ3v) is 8.18. The Hall–Kier alpha value is -2.43. The minimum absolute atomic E-state index is 0.0423. The molecule has 2 heterocycles. The molecule has 0 unspecified atom stereocenters. The van der Waals surface area contributed by atoms with E-state index in [2.05, 4.69) is 5.32 Å². The first-order valence-electron chi connectivity index (χ1n) is 11.0. The number of halogens is 3. The molecule has 7 nitrogen and oxygen atoms in total.